The fourth-order valence-electron chi connectivity index (χ4n) is 4.48. The van der Waals surface area contributed by atoms with Crippen molar-refractivity contribution in [2.24, 2.45) is 0 Å². The highest BCUT2D eigenvalue weighted by atomic mass is 35.5. The predicted molar refractivity (Wildman–Crippen MR) is 121 cm³/mol. The number of aromatic nitrogens is 4. The molecule has 1 fully saturated rings. The summed E-state index contributed by atoms with van der Waals surface area (Å²) < 4.78 is 15.0. The highest BCUT2D eigenvalue weighted by Gasteiger charge is 2.45. The third-order valence-electron chi connectivity index (χ3n) is 6.27. The van der Waals surface area contributed by atoms with Crippen LogP contribution in [0, 0.1) is 12.7 Å². The number of aryl methyl sites for hydroxylation is 1. The van der Waals surface area contributed by atoms with Crippen molar-refractivity contribution in [2.75, 3.05) is 6.54 Å². The number of halogens is 2. The number of benzene rings is 2. The van der Waals surface area contributed by atoms with Gasteiger partial charge in [-0.25, -0.2) is 19.3 Å². The molecule has 0 aliphatic carbocycles. The first-order chi connectivity index (χ1) is 15.4. The molecule has 0 spiro atoms. The van der Waals surface area contributed by atoms with E-state index >= 15 is 4.39 Å². The number of fused-ring (bicyclic) bond motifs is 1. The van der Waals surface area contributed by atoms with E-state index in [4.69, 9.17) is 16.6 Å². The molecule has 1 atom stereocenters. The van der Waals surface area contributed by atoms with Crippen molar-refractivity contribution in [3.05, 3.63) is 76.6 Å². The van der Waals surface area contributed by atoms with E-state index in [1.165, 1.54) is 6.07 Å². The molecule has 1 amide bonds. The quantitative estimate of drug-likeness (QED) is 0.462. The first-order valence-corrected chi connectivity index (χ1v) is 10.8. The Morgan fingerprint density at radius 3 is 2.75 bits per heavy atom. The standard InChI is InChI=1S/C24H21ClFN5O/c1-14-16(25)8-9-18-20(14)30-23(29-18)24(2)10-4-13-31(24)22(32)19-15(6-3-7-17(19)26)21-27-11-5-12-28-21/h3,5-9,11-12H,4,10,13H2,1-2H3,(H,29,30). The van der Waals surface area contributed by atoms with Gasteiger partial charge in [-0.1, -0.05) is 23.7 Å². The topological polar surface area (TPSA) is 74.8 Å². The molecule has 32 heavy (non-hydrogen) atoms. The number of carbonyl (C=O) groups excluding carboxylic acids is 1. The van der Waals surface area contributed by atoms with Gasteiger partial charge in [-0.2, -0.15) is 0 Å². The van der Waals surface area contributed by atoms with Crippen molar-refractivity contribution < 1.29 is 9.18 Å². The molecule has 0 saturated carbocycles. The van der Waals surface area contributed by atoms with Crippen LogP contribution < -0.4 is 0 Å². The molecule has 1 aliphatic rings. The lowest BCUT2D eigenvalue weighted by Crippen LogP contribution is -2.44. The van der Waals surface area contributed by atoms with Crippen LogP contribution in [0.4, 0.5) is 4.39 Å². The lowest BCUT2D eigenvalue weighted by Gasteiger charge is -2.34. The van der Waals surface area contributed by atoms with Crippen molar-refractivity contribution in [2.45, 2.75) is 32.2 Å². The minimum Gasteiger partial charge on any atom is -0.340 e. The maximum absolute atomic E-state index is 15.0. The summed E-state index contributed by atoms with van der Waals surface area (Å²) >= 11 is 6.27. The Morgan fingerprint density at radius 1 is 1.19 bits per heavy atom. The van der Waals surface area contributed by atoms with Crippen LogP contribution in [0.25, 0.3) is 22.4 Å². The molecule has 2 aromatic carbocycles. The Labute approximate surface area is 189 Å². The molecule has 2 aromatic heterocycles. The molecule has 3 heterocycles. The summed E-state index contributed by atoms with van der Waals surface area (Å²) in [5, 5.41) is 0.638. The van der Waals surface area contributed by atoms with Crippen LogP contribution in [0.15, 0.2) is 48.8 Å². The summed E-state index contributed by atoms with van der Waals surface area (Å²) in [5.74, 6) is -0.0231. The van der Waals surface area contributed by atoms with Gasteiger partial charge in [0.05, 0.1) is 22.1 Å². The summed E-state index contributed by atoms with van der Waals surface area (Å²) in [7, 11) is 0. The predicted octanol–water partition coefficient (Wildman–Crippen LogP) is 5.27. The fourth-order valence-corrected chi connectivity index (χ4v) is 4.63. The summed E-state index contributed by atoms with van der Waals surface area (Å²) in [6.45, 7) is 4.38. The average Bonchev–Trinajstić information content (AvgIpc) is 3.42. The van der Waals surface area contributed by atoms with Gasteiger partial charge in [0, 0.05) is 29.5 Å². The summed E-state index contributed by atoms with van der Waals surface area (Å²) in [6, 6.07) is 9.91. The van der Waals surface area contributed by atoms with Crippen molar-refractivity contribution >= 4 is 28.5 Å². The third-order valence-corrected chi connectivity index (χ3v) is 6.68. The number of hydrogen-bond acceptors (Lipinski definition) is 4. The maximum atomic E-state index is 15.0. The van der Waals surface area contributed by atoms with Gasteiger partial charge in [0.2, 0.25) is 0 Å². The van der Waals surface area contributed by atoms with Crippen LogP contribution in [0.2, 0.25) is 5.02 Å². The van der Waals surface area contributed by atoms with Crippen LogP contribution in [-0.2, 0) is 5.54 Å². The van der Waals surface area contributed by atoms with Gasteiger partial charge in [-0.3, -0.25) is 4.79 Å². The van der Waals surface area contributed by atoms with Crippen LogP contribution >= 0.6 is 11.6 Å². The number of hydrogen-bond donors (Lipinski definition) is 1. The number of carbonyl (C=O) groups is 1. The van der Waals surface area contributed by atoms with E-state index in [9.17, 15) is 4.79 Å². The Hall–Kier alpha value is -3.32. The molecule has 0 radical (unpaired) electrons. The first-order valence-electron chi connectivity index (χ1n) is 10.4. The van der Waals surface area contributed by atoms with Crippen molar-refractivity contribution in [1.82, 2.24) is 24.8 Å². The van der Waals surface area contributed by atoms with Gasteiger partial charge in [-0.05, 0) is 56.5 Å². The highest BCUT2D eigenvalue weighted by Crippen LogP contribution is 2.40. The van der Waals surface area contributed by atoms with Crippen LogP contribution in [0.3, 0.4) is 0 Å². The number of nitrogens with zero attached hydrogens (tertiary/aromatic N) is 4. The summed E-state index contributed by atoms with van der Waals surface area (Å²) in [4.78, 5) is 32.1. The summed E-state index contributed by atoms with van der Waals surface area (Å²) in [6.07, 6.45) is 4.63. The van der Waals surface area contributed by atoms with Crippen LogP contribution in [0.1, 0.15) is 41.5 Å². The second-order valence-electron chi connectivity index (χ2n) is 8.22. The summed E-state index contributed by atoms with van der Waals surface area (Å²) in [5.41, 5.74) is 2.14. The van der Waals surface area contributed by atoms with Crippen LogP contribution in [0.5, 0.6) is 0 Å². The lowest BCUT2D eigenvalue weighted by atomic mass is 9.96. The fraction of sp³-hybridized carbons (Fsp3) is 0.250. The molecule has 6 nitrogen and oxygen atoms in total. The number of nitrogens with one attached hydrogen (secondary N) is 1. The number of aromatic amines is 1. The molecular weight excluding hydrogens is 429 g/mol. The average molecular weight is 450 g/mol. The number of H-pyrrole nitrogens is 1. The molecule has 5 rings (SSSR count). The lowest BCUT2D eigenvalue weighted by molar-refractivity contribution is 0.0602. The Morgan fingerprint density at radius 2 is 1.97 bits per heavy atom. The molecule has 1 N–H and O–H groups in total. The first kappa shape index (κ1) is 20.6. The van der Waals surface area contributed by atoms with Gasteiger partial charge in [-0.15, -0.1) is 0 Å². The van der Waals surface area contributed by atoms with E-state index in [2.05, 4.69) is 15.0 Å². The molecular formula is C24H21ClFN5O. The van der Waals surface area contributed by atoms with Gasteiger partial charge in [0.15, 0.2) is 5.82 Å². The number of likely N-dealkylation sites (tertiary alicyclic amines) is 1. The molecule has 162 valence electrons. The van der Waals surface area contributed by atoms with E-state index in [0.29, 0.717) is 35.2 Å². The van der Waals surface area contributed by atoms with E-state index in [1.54, 1.807) is 35.5 Å². The van der Waals surface area contributed by atoms with Crippen LogP contribution in [-0.4, -0.2) is 37.3 Å². The molecule has 8 heteroatoms. The monoisotopic (exact) mass is 449 g/mol. The normalized spacial score (nSPS) is 18.4. The van der Waals surface area contributed by atoms with E-state index in [-0.39, 0.29) is 5.56 Å². The molecule has 1 saturated heterocycles. The Kier molecular flexibility index (Phi) is 4.93. The highest BCUT2D eigenvalue weighted by molar-refractivity contribution is 6.32. The zero-order chi connectivity index (χ0) is 22.5. The second-order valence-corrected chi connectivity index (χ2v) is 8.63. The number of amides is 1. The third kappa shape index (κ3) is 3.15. The molecule has 4 aromatic rings. The van der Waals surface area contributed by atoms with Crippen molar-refractivity contribution in [3.8, 4) is 11.4 Å². The van der Waals surface area contributed by atoms with E-state index < -0.39 is 17.3 Å². The van der Waals surface area contributed by atoms with E-state index in [0.717, 1.165) is 23.0 Å². The van der Waals surface area contributed by atoms with Gasteiger partial charge < -0.3 is 9.88 Å². The van der Waals surface area contributed by atoms with E-state index in [1.807, 2.05) is 26.0 Å². The molecule has 1 unspecified atom stereocenters. The van der Waals surface area contributed by atoms with Gasteiger partial charge in [0.25, 0.3) is 5.91 Å². The largest absolute Gasteiger partial charge is 0.340 e. The number of rotatable bonds is 3. The smallest absolute Gasteiger partial charge is 0.258 e. The van der Waals surface area contributed by atoms with Gasteiger partial charge >= 0.3 is 0 Å². The minimum atomic E-state index is -0.716. The zero-order valence-corrected chi connectivity index (χ0v) is 18.4. The molecule has 0 bridgehead atoms. The maximum Gasteiger partial charge on any atom is 0.258 e. The second kappa shape index (κ2) is 7.67. The molecule has 1 aliphatic heterocycles. The Bertz CT molecular complexity index is 1340. The van der Waals surface area contributed by atoms with Crippen molar-refractivity contribution in [3.63, 3.8) is 0 Å². The van der Waals surface area contributed by atoms with Crippen molar-refractivity contribution in [1.29, 1.82) is 0 Å². The Balaban J connectivity index is 1.60. The number of imidazole rings is 1. The zero-order valence-electron chi connectivity index (χ0n) is 17.7. The minimum absolute atomic E-state index is 0.0258. The van der Waals surface area contributed by atoms with Gasteiger partial charge in [0.1, 0.15) is 11.6 Å². The SMILES string of the molecule is Cc1c(Cl)ccc2[nH]c(C3(C)CCCN3C(=O)c3c(F)cccc3-c3ncccn3)nc12.